The number of nitrogens with zero attached hydrogens (tertiary/aromatic N) is 1. The van der Waals surface area contributed by atoms with Gasteiger partial charge in [-0.1, -0.05) is 18.6 Å². The van der Waals surface area contributed by atoms with E-state index in [0.717, 1.165) is 32.4 Å². The summed E-state index contributed by atoms with van der Waals surface area (Å²) in [6.45, 7) is 3.96. The van der Waals surface area contributed by atoms with Gasteiger partial charge in [-0.2, -0.15) is 0 Å². The highest BCUT2D eigenvalue weighted by Gasteiger charge is 2.22. The fourth-order valence-corrected chi connectivity index (χ4v) is 2.93. The van der Waals surface area contributed by atoms with Crippen LogP contribution in [0.2, 0.25) is 0 Å². The van der Waals surface area contributed by atoms with Gasteiger partial charge >= 0.3 is 5.97 Å². The Bertz CT molecular complexity index is 509. The third-order valence-electron chi connectivity index (χ3n) is 4.24. The predicted octanol–water partition coefficient (Wildman–Crippen LogP) is 2.77. The molecule has 2 heterocycles. The van der Waals surface area contributed by atoms with Gasteiger partial charge in [0, 0.05) is 13.1 Å². The summed E-state index contributed by atoms with van der Waals surface area (Å²) in [6, 6.07) is 6.39. The van der Waals surface area contributed by atoms with Crippen LogP contribution in [0.3, 0.4) is 0 Å². The summed E-state index contributed by atoms with van der Waals surface area (Å²) in [5.74, 6) is -1.21. The van der Waals surface area contributed by atoms with Gasteiger partial charge in [-0.15, -0.1) is 0 Å². The SMILES string of the molecule is C1CCNCC1.O=C(O)c1ccccc1C(=O)N1CCCCC1. The van der Waals surface area contributed by atoms with E-state index in [1.54, 1.807) is 23.1 Å². The first-order valence-corrected chi connectivity index (χ1v) is 8.52. The van der Waals surface area contributed by atoms with Gasteiger partial charge in [-0.25, -0.2) is 4.79 Å². The van der Waals surface area contributed by atoms with Crippen molar-refractivity contribution in [3.8, 4) is 0 Å². The molecule has 0 atom stereocenters. The number of likely N-dealkylation sites (tertiary alicyclic amines) is 1. The normalized spacial score (nSPS) is 17.8. The molecular formula is C18H26N2O3. The number of carbonyl (C=O) groups excluding carboxylic acids is 1. The number of carboxylic acid groups (broad SMARTS) is 1. The van der Waals surface area contributed by atoms with Crippen molar-refractivity contribution in [2.75, 3.05) is 26.2 Å². The molecule has 5 nitrogen and oxygen atoms in total. The number of hydrogen-bond donors (Lipinski definition) is 2. The van der Waals surface area contributed by atoms with Gasteiger partial charge in [-0.3, -0.25) is 4.79 Å². The van der Waals surface area contributed by atoms with Crippen molar-refractivity contribution in [2.45, 2.75) is 38.5 Å². The van der Waals surface area contributed by atoms with Crippen LogP contribution in [0.5, 0.6) is 0 Å². The van der Waals surface area contributed by atoms with Crippen LogP contribution >= 0.6 is 0 Å². The first-order valence-electron chi connectivity index (χ1n) is 8.52. The van der Waals surface area contributed by atoms with E-state index in [4.69, 9.17) is 5.11 Å². The van der Waals surface area contributed by atoms with E-state index in [-0.39, 0.29) is 11.5 Å². The second kappa shape index (κ2) is 9.30. The van der Waals surface area contributed by atoms with Crippen molar-refractivity contribution in [1.29, 1.82) is 0 Å². The Hall–Kier alpha value is -1.88. The topological polar surface area (TPSA) is 69.6 Å². The maximum absolute atomic E-state index is 12.2. The fourth-order valence-electron chi connectivity index (χ4n) is 2.93. The van der Waals surface area contributed by atoms with E-state index in [9.17, 15) is 9.59 Å². The monoisotopic (exact) mass is 318 g/mol. The van der Waals surface area contributed by atoms with Gasteiger partial charge in [0.2, 0.25) is 0 Å². The average molecular weight is 318 g/mol. The van der Waals surface area contributed by atoms with Gasteiger partial charge in [0.05, 0.1) is 11.1 Å². The summed E-state index contributed by atoms with van der Waals surface area (Å²) in [7, 11) is 0. The highest BCUT2D eigenvalue weighted by molar-refractivity contribution is 6.04. The molecule has 5 heteroatoms. The number of benzene rings is 1. The second-order valence-electron chi connectivity index (χ2n) is 6.01. The molecule has 2 N–H and O–H groups in total. The molecule has 2 aliphatic heterocycles. The predicted molar refractivity (Wildman–Crippen MR) is 89.9 cm³/mol. The lowest BCUT2D eigenvalue weighted by Crippen LogP contribution is -2.36. The van der Waals surface area contributed by atoms with Crippen LogP contribution in [-0.2, 0) is 0 Å². The van der Waals surface area contributed by atoms with E-state index in [0.29, 0.717) is 5.56 Å². The Balaban J connectivity index is 0.000000268. The zero-order valence-corrected chi connectivity index (χ0v) is 13.6. The molecule has 1 amide bonds. The van der Waals surface area contributed by atoms with Crippen molar-refractivity contribution in [2.24, 2.45) is 0 Å². The first kappa shape index (κ1) is 17.5. The zero-order valence-electron chi connectivity index (χ0n) is 13.6. The van der Waals surface area contributed by atoms with E-state index < -0.39 is 5.97 Å². The molecule has 2 aliphatic rings. The molecule has 1 aromatic carbocycles. The lowest BCUT2D eigenvalue weighted by atomic mass is 10.0. The number of carbonyl (C=O) groups is 2. The summed E-state index contributed by atoms with van der Waals surface area (Å²) in [5, 5.41) is 12.3. The highest BCUT2D eigenvalue weighted by atomic mass is 16.4. The number of rotatable bonds is 2. The van der Waals surface area contributed by atoms with Crippen LogP contribution in [0.1, 0.15) is 59.2 Å². The molecule has 3 rings (SSSR count). The zero-order chi connectivity index (χ0) is 16.5. The summed E-state index contributed by atoms with van der Waals surface area (Å²) >= 11 is 0. The van der Waals surface area contributed by atoms with Crippen LogP contribution in [0.25, 0.3) is 0 Å². The molecule has 0 aliphatic carbocycles. The molecule has 2 saturated heterocycles. The molecule has 0 radical (unpaired) electrons. The van der Waals surface area contributed by atoms with Crippen molar-refractivity contribution < 1.29 is 14.7 Å². The van der Waals surface area contributed by atoms with Crippen molar-refractivity contribution >= 4 is 11.9 Å². The molecule has 0 spiro atoms. The standard InChI is InChI=1S/C13H15NO3.C5H11N/c15-12(14-8-4-1-5-9-14)10-6-2-3-7-11(10)13(16)17;1-2-4-6-5-3-1/h2-3,6-7H,1,4-5,8-9H2,(H,16,17);6H,1-5H2. The summed E-state index contributed by atoms with van der Waals surface area (Å²) in [4.78, 5) is 25.0. The molecule has 1 aromatic rings. The van der Waals surface area contributed by atoms with E-state index >= 15 is 0 Å². The summed E-state index contributed by atoms with van der Waals surface area (Å²) in [6.07, 6.45) is 7.36. The number of carboxylic acids is 1. The Morgan fingerprint density at radius 3 is 1.91 bits per heavy atom. The third-order valence-corrected chi connectivity index (χ3v) is 4.24. The Morgan fingerprint density at radius 2 is 1.43 bits per heavy atom. The quantitative estimate of drug-likeness (QED) is 0.880. The highest BCUT2D eigenvalue weighted by Crippen LogP contribution is 2.16. The molecule has 126 valence electrons. The fraction of sp³-hybridized carbons (Fsp3) is 0.556. The number of aromatic carboxylic acids is 1. The van der Waals surface area contributed by atoms with Gasteiger partial charge in [0.1, 0.15) is 0 Å². The Labute approximate surface area is 137 Å². The molecule has 0 aromatic heterocycles. The third kappa shape index (κ3) is 5.36. The van der Waals surface area contributed by atoms with Crippen LogP contribution in [0, 0.1) is 0 Å². The Kier molecular flexibility index (Phi) is 7.07. The summed E-state index contributed by atoms with van der Waals surface area (Å²) in [5.41, 5.74) is 0.380. The molecule has 0 saturated carbocycles. The molecule has 0 bridgehead atoms. The molecule has 0 unspecified atom stereocenters. The minimum Gasteiger partial charge on any atom is -0.478 e. The van der Waals surface area contributed by atoms with Gasteiger partial charge in [-0.05, 0) is 57.3 Å². The average Bonchev–Trinajstić information content (AvgIpc) is 2.64. The number of nitrogens with one attached hydrogen (secondary N) is 1. The number of amides is 1. The molecule has 23 heavy (non-hydrogen) atoms. The van der Waals surface area contributed by atoms with Gasteiger partial charge < -0.3 is 15.3 Å². The lowest BCUT2D eigenvalue weighted by molar-refractivity contribution is 0.0666. The lowest BCUT2D eigenvalue weighted by Gasteiger charge is -2.27. The first-order chi connectivity index (χ1) is 11.2. The number of piperidine rings is 2. The van der Waals surface area contributed by atoms with Crippen LogP contribution in [-0.4, -0.2) is 48.1 Å². The maximum atomic E-state index is 12.2. The smallest absolute Gasteiger partial charge is 0.336 e. The maximum Gasteiger partial charge on any atom is 0.336 e. The van der Waals surface area contributed by atoms with Crippen molar-refractivity contribution in [3.05, 3.63) is 35.4 Å². The van der Waals surface area contributed by atoms with Gasteiger partial charge in [0.25, 0.3) is 5.91 Å². The van der Waals surface area contributed by atoms with Crippen molar-refractivity contribution in [3.63, 3.8) is 0 Å². The largest absolute Gasteiger partial charge is 0.478 e. The van der Waals surface area contributed by atoms with Gasteiger partial charge in [0.15, 0.2) is 0 Å². The molecule has 2 fully saturated rings. The van der Waals surface area contributed by atoms with Crippen LogP contribution in [0.15, 0.2) is 24.3 Å². The number of hydrogen-bond acceptors (Lipinski definition) is 3. The van der Waals surface area contributed by atoms with Crippen LogP contribution in [0.4, 0.5) is 0 Å². The molecular weight excluding hydrogens is 292 g/mol. The van der Waals surface area contributed by atoms with E-state index in [1.165, 1.54) is 38.4 Å². The minimum atomic E-state index is -1.05. The van der Waals surface area contributed by atoms with E-state index in [1.807, 2.05) is 0 Å². The second-order valence-corrected chi connectivity index (χ2v) is 6.01. The van der Waals surface area contributed by atoms with Crippen LogP contribution < -0.4 is 5.32 Å². The minimum absolute atomic E-state index is 0.0862. The summed E-state index contributed by atoms with van der Waals surface area (Å²) < 4.78 is 0. The van der Waals surface area contributed by atoms with Crippen molar-refractivity contribution in [1.82, 2.24) is 10.2 Å². The van der Waals surface area contributed by atoms with E-state index in [2.05, 4.69) is 5.32 Å². The Morgan fingerprint density at radius 1 is 0.870 bits per heavy atom.